The van der Waals surface area contributed by atoms with Gasteiger partial charge >= 0.3 is 5.97 Å². The molecule has 0 spiro atoms. The molecular weight excluding hydrogens is 366 g/mol. The summed E-state index contributed by atoms with van der Waals surface area (Å²) >= 11 is 0. The van der Waals surface area contributed by atoms with E-state index in [9.17, 15) is 9.59 Å². The molecule has 164 valence electrons. The van der Waals surface area contributed by atoms with E-state index in [0.29, 0.717) is 24.3 Å². The van der Waals surface area contributed by atoms with Gasteiger partial charge in [-0.05, 0) is 50.0 Å². The first-order valence-corrected chi connectivity index (χ1v) is 11.0. The van der Waals surface area contributed by atoms with Gasteiger partial charge in [-0.15, -0.1) is 0 Å². The molecule has 1 N–H and O–H groups in total. The van der Waals surface area contributed by atoms with Crippen molar-refractivity contribution in [3.05, 3.63) is 35.9 Å². The number of benzene rings is 1. The number of rotatable bonds is 10. The number of carboxylic acid groups (broad SMARTS) is 1. The minimum atomic E-state index is -0.711. The molecule has 0 aliphatic carbocycles. The van der Waals surface area contributed by atoms with Crippen LogP contribution in [0.5, 0.6) is 0 Å². The van der Waals surface area contributed by atoms with Crippen LogP contribution in [0.15, 0.2) is 30.3 Å². The minimum absolute atomic E-state index is 0.206. The van der Waals surface area contributed by atoms with Gasteiger partial charge in [0.25, 0.3) is 0 Å². The van der Waals surface area contributed by atoms with Crippen LogP contribution < -0.4 is 0 Å². The molecular formula is C24H39NO4. The summed E-state index contributed by atoms with van der Waals surface area (Å²) in [6.07, 6.45) is 7.14. The second kappa shape index (κ2) is 14.2. The average Bonchev–Trinajstić information content (AvgIpc) is 2.70. The van der Waals surface area contributed by atoms with Crippen molar-refractivity contribution in [2.24, 2.45) is 5.92 Å². The van der Waals surface area contributed by atoms with E-state index < -0.39 is 5.97 Å². The fraction of sp³-hybridized carbons (Fsp3) is 0.667. The van der Waals surface area contributed by atoms with Gasteiger partial charge in [-0.3, -0.25) is 9.59 Å². The lowest BCUT2D eigenvalue weighted by Crippen LogP contribution is -2.45. The quantitative estimate of drug-likeness (QED) is 0.599. The number of hydrogen-bond donors (Lipinski definition) is 1. The number of amides is 1. The van der Waals surface area contributed by atoms with E-state index in [1.807, 2.05) is 13.0 Å². The molecule has 0 saturated carbocycles. The molecule has 2 unspecified atom stereocenters. The number of hydrogen-bond acceptors (Lipinski definition) is 3. The van der Waals surface area contributed by atoms with Crippen molar-refractivity contribution >= 4 is 11.9 Å². The van der Waals surface area contributed by atoms with Crippen LogP contribution in [0.25, 0.3) is 0 Å². The Bertz CT molecular complexity index is 590. The molecule has 3 atom stereocenters. The monoisotopic (exact) mass is 405 g/mol. The molecule has 1 amide bonds. The number of piperidine rings is 1. The summed E-state index contributed by atoms with van der Waals surface area (Å²) in [6.45, 7) is 7.15. The van der Waals surface area contributed by atoms with Crippen LogP contribution in [0, 0.1) is 5.92 Å². The lowest BCUT2D eigenvalue weighted by Gasteiger charge is -2.38. The Labute approximate surface area is 176 Å². The third-order valence-electron chi connectivity index (χ3n) is 5.48. The van der Waals surface area contributed by atoms with Gasteiger partial charge in [0, 0.05) is 32.5 Å². The van der Waals surface area contributed by atoms with Crippen molar-refractivity contribution in [1.82, 2.24) is 4.90 Å². The molecule has 1 fully saturated rings. The summed E-state index contributed by atoms with van der Waals surface area (Å²) in [6, 6.07) is 10.9. The number of aliphatic carboxylic acids is 1. The average molecular weight is 406 g/mol. The third kappa shape index (κ3) is 9.44. The third-order valence-corrected chi connectivity index (χ3v) is 5.48. The van der Waals surface area contributed by atoms with Gasteiger partial charge in [-0.1, -0.05) is 51.1 Å². The van der Waals surface area contributed by atoms with Crippen molar-refractivity contribution in [2.75, 3.05) is 13.7 Å². The Kier molecular flexibility index (Phi) is 12.3. The highest BCUT2D eigenvalue weighted by Gasteiger charge is 2.30. The fourth-order valence-corrected chi connectivity index (χ4v) is 3.94. The molecule has 5 heteroatoms. The lowest BCUT2D eigenvalue weighted by molar-refractivity contribution is -0.138. The summed E-state index contributed by atoms with van der Waals surface area (Å²) in [5.74, 6) is 0.0697. The molecule has 1 saturated heterocycles. The Balaban J connectivity index is 0.000000612. The van der Waals surface area contributed by atoms with Gasteiger partial charge in [-0.25, -0.2) is 0 Å². The zero-order chi connectivity index (χ0) is 21.6. The summed E-state index contributed by atoms with van der Waals surface area (Å²) < 4.78 is 5.78. The van der Waals surface area contributed by atoms with Gasteiger partial charge < -0.3 is 14.7 Å². The highest BCUT2D eigenvalue weighted by Crippen LogP contribution is 2.27. The Hall–Kier alpha value is -1.88. The van der Waals surface area contributed by atoms with E-state index in [2.05, 4.69) is 43.0 Å². The highest BCUT2D eigenvalue weighted by atomic mass is 16.5. The van der Waals surface area contributed by atoms with E-state index in [1.165, 1.54) is 5.56 Å². The molecule has 1 aromatic carbocycles. The number of ether oxygens (including phenoxy) is 1. The van der Waals surface area contributed by atoms with Crippen molar-refractivity contribution in [3.8, 4) is 0 Å². The maximum absolute atomic E-state index is 12.2. The van der Waals surface area contributed by atoms with Gasteiger partial charge in [-0.2, -0.15) is 0 Å². The maximum atomic E-state index is 12.2. The van der Waals surface area contributed by atoms with E-state index in [1.54, 1.807) is 7.11 Å². The predicted octanol–water partition coefficient (Wildman–Crippen LogP) is 4.93. The van der Waals surface area contributed by atoms with E-state index in [4.69, 9.17) is 9.84 Å². The molecule has 1 aliphatic heterocycles. The minimum Gasteiger partial charge on any atom is -0.481 e. The molecule has 29 heavy (non-hydrogen) atoms. The summed E-state index contributed by atoms with van der Waals surface area (Å²) in [5, 5.41) is 7.91. The van der Waals surface area contributed by atoms with Crippen molar-refractivity contribution in [2.45, 2.75) is 84.3 Å². The first-order valence-electron chi connectivity index (χ1n) is 11.0. The van der Waals surface area contributed by atoms with E-state index in [0.717, 1.165) is 51.5 Å². The zero-order valence-corrected chi connectivity index (χ0v) is 18.6. The highest BCUT2D eigenvalue weighted by molar-refractivity contribution is 5.77. The van der Waals surface area contributed by atoms with E-state index >= 15 is 0 Å². The maximum Gasteiger partial charge on any atom is 0.303 e. The summed E-state index contributed by atoms with van der Waals surface area (Å²) in [7, 11) is 1.81. The molecule has 0 radical (unpaired) electrons. The number of nitrogens with zero attached hydrogens (tertiary/aromatic N) is 1. The van der Waals surface area contributed by atoms with Gasteiger partial charge in [0.15, 0.2) is 0 Å². The van der Waals surface area contributed by atoms with Crippen molar-refractivity contribution < 1.29 is 19.4 Å². The molecule has 2 rings (SSSR count). The van der Waals surface area contributed by atoms with Gasteiger partial charge in [0.1, 0.15) is 0 Å². The lowest BCUT2D eigenvalue weighted by atomic mass is 9.87. The number of carboxylic acids is 1. The number of carbonyl (C=O) groups is 2. The number of likely N-dealkylation sites (tertiary alicyclic amines) is 1. The van der Waals surface area contributed by atoms with Crippen LogP contribution in [0.4, 0.5) is 0 Å². The first kappa shape index (κ1) is 25.2. The SMILES string of the molecule is CCCC(=O)O.CCCN1C(=O)CCCC1C[C@@H](C)C(Cc1ccccc1)OC. The smallest absolute Gasteiger partial charge is 0.303 e. The molecule has 0 aromatic heterocycles. The normalized spacial score (nSPS) is 18.6. The van der Waals surface area contributed by atoms with Crippen molar-refractivity contribution in [1.29, 1.82) is 0 Å². The molecule has 0 bridgehead atoms. The van der Waals surface area contributed by atoms with Crippen LogP contribution in [-0.4, -0.2) is 47.7 Å². The Morgan fingerprint density at radius 3 is 2.45 bits per heavy atom. The largest absolute Gasteiger partial charge is 0.481 e. The molecule has 1 heterocycles. The molecule has 5 nitrogen and oxygen atoms in total. The van der Waals surface area contributed by atoms with Gasteiger partial charge in [0.05, 0.1) is 6.10 Å². The standard InChI is InChI=1S/C20H31NO2.C4H8O2/c1-4-13-21-18(11-8-12-20(21)22)14-16(2)19(23-3)15-17-9-6-5-7-10-17;1-2-3-4(5)6/h5-7,9-10,16,18-19H,4,8,11-15H2,1-3H3;2-3H2,1H3,(H,5,6)/t16-,18?,19?;/m1./s1. The number of methoxy groups -OCH3 is 1. The van der Waals surface area contributed by atoms with Gasteiger partial charge in [0.2, 0.25) is 5.91 Å². The molecule has 1 aromatic rings. The summed E-state index contributed by atoms with van der Waals surface area (Å²) in [5.41, 5.74) is 1.32. The molecule has 1 aliphatic rings. The fourth-order valence-electron chi connectivity index (χ4n) is 3.94. The second-order valence-electron chi connectivity index (χ2n) is 7.95. The van der Waals surface area contributed by atoms with Crippen LogP contribution in [-0.2, 0) is 20.7 Å². The van der Waals surface area contributed by atoms with Crippen LogP contribution in [0.2, 0.25) is 0 Å². The topological polar surface area (TPSA) is 66.8 Å². The van der Waals surface area contributed by atoms with Crippen LogP contribution in [0.3, 0.4) is 0 Å². The van der Waals surface area contributed by atoms with Crippen LogP contribution >= 0.6 is 0 Å². The van der Waals surface area contributed by atoms with Crippen LogP contribution in [0.1, 0.15) is 71.3 Å². The van der Waals surface area contributed by atoms with Crippen molar-refractivity contribution in [3.63, 3.8) is 0 Å². The first-order chi connectivity index (χ1) is 13.9. The Morgan fingerprint density at radius 1 is 1.24 bits per heavy atom. The Morgan fingerprint density at radius 2 is 1.93 bits per heavy atom. The summed E-state index contributed by atoms with van der Waals surface area (Å²) in [4.78, 5) is 23.9. The second-order valence-corrected chi connectivity index (χ2v) is 7.95. The zero-order valence-electron chi connectivity index (χ0n) is 18.6. The van der Waals surface area contributed by atoms with E-state index in [-0.39, 0.29) is 6.10 Å². The predicted molar refractivity (Wildman–Crippen MR) is 117 cm³/mol. The number of carbonyl (C=O) groups excluding carboxylic acids is 1.